The van der Waals surface area contributed by atoms with E-state index >= 15 is 0 Å². The summed E-state index contributed by atoms with van der Waals surface area (Å²) in [6.45, 7) is 6.92. The van der Waals surface area contributed by atoms with Gasteiger partial charge in [-0.3, -0.25) is 4.98 Å². The number of rotatable bonds is 3. The van der Waals surface area contributed by atoms with E-state index in [0.29, 0.717) is 12.1 Å². The SMILES string of the molecule is CNCc1cnccc1N1CC(C)OCC1C. The summed E-state index contributed by atoms with van der Waals surface area (Å²) in [5, 5.41) is 3.19. The van der Waals surface area contributed by atoms with Crippen molar-refractivity contribution in [2.45, 2.75) is 32.5 Å². The van der Waals surface area contributed by atoms with Gasteiger partial charge in [0.15, 0.2) is 0 Å². The summed E-state index contributed by atoms with van der Waals surface area (Å²) < 4.78 is 5.67. The van der Waals surface area contributed by atoms with E-state index in [4.69, 9.17) is 4.74 Å². The van der Waals surface area contributed by atoms with Crippen LogP contribution in [0.5, 0.6) is 0 Å². The molecule has 4 nitrogen and oxygen atoms in total. The van der Waals surface area contributed by atoms with Crippen LogP contribution >= 0.6 is 0 Å². The molecule has 2 heterocycles. The number of nitrogens with zero attached hydrogens (tertiary/aromatic N) is 2. The zero-order chi connectivity index (χ0) is 12.3. The molecule has 0 bridgehead atoms. The highest BCUT2D eigenvalue weighted by molar-refractivity contribution is 5.53. The van der Waals surface area contributed by atoms with Crippen LogP contribution in [0.15, 0.2) is 18.5 Å². The molecular formula is C13H21N3O. The van der Waals surface area contributed by atoms with Gasteiger partial charge in [-0.25, -0.2) is 0 Å². The smallest absolute Gasteiger partial charge is 0.0723 e. The first-order valence-corrected chi connectivity index (χ1v) is 6.18. The summed E-state index contributed by atoms with van der Waals surface area (Å²) in [4.78, 5) is 6.62. The zero-order valence-electron chi connectivity index (χ0n) is 10.8. The Morgan fingerprint density at radius 3 is 3.12 bits per heavy atom. The predicted octanol–water partition coefficient (Wildman–Crippen LogP) is 1.41. The summed E-state index contributed by atoms with van der Waals surface area (Å²) in [5.74, 6) is 0. The van der Waals surface area contributed by atoms with E-state index in [-0.39, 0.29) is 0 Å². The molecule has 1 aromatic heterocycles. The second-order valence-electron chi connectivity index (χ2n) is 4.68. The van der Waals surface area contributed by atoms with Crippen molar-refractivity contribution < 1.29 is 4.74 Å². The standard InChI is InChI=1S/C13H21N3O/c1-10-9-17-11(2)8-16(10)13-4-5-15-7-12(13)6-14-3/h4-5,7,10-11,14H,6,8-9H2,1-3H3. The van der Waals surface area contributed by atoms with Gasteiger partial charge in [-0.1, -0.05) is 0 Å². The lowest BCUT2D eigenvalue weighted by molar-refractivity contribution is 0.0343. The van der Waals surface area contributed by atoms with Crippen LogP contribution < -0.4 is 10.2 Å². The first-order valence-electron chi connectivity index (χ1n) is 6.18. The molecule has 0 spiro atoms. The molecule has 0 saturated carbocycles. The van der Waals surface area contributed by atoms with Crippen LogP contribution in [-0.2, 0) is 11.3 Å². The molecule has 2 unspecified atom stereocenters. The van der Waals surface area contributed by atoms with Gasteiger partial charge in [-0.15, -0.1) is 0 Å². The van der Waals surface area contributed by atoms with Crippen LogP contribution in [0.4, 0.5) is 5.69 Å². The zero-order valence-corrected chi connectivity index (χ0v) is 10.8. The van der Waals surface area contributed by atoms with Gasteiger partial charge in [-0.05, 0) is 27.0 Å². The molecule has 1 saturated heterocycles. The second-order valence-corrected chi connectivity index (χ2v) is 4.68. The maximum atomic E-state index is 5.67. The highest BCUT2D eigenvalue weighted by atomic mass is 16.5. The minimum atomic E-state index is 0.293. The fourth-order valence-corrected chi connectivity index (χ4v) is 2.27. The predicted molar refractivity (Wildman–Crippen MR) is 69.2 cm³/mol. The van der Waals surface area contributed by atoms with Crippen LogP contribution in [-0.4, -0.2) is 37.3 Å². The molecule has 1 fully saturated rings. The Bertz CT molecular complexity index is 369. The van der Waals surface area contributed by atoms with Crippen molar-refractivity contribution in [1.82, 2.24) is 10.3 Å². The van der Waals surface area contributed by atoms with E-state index in [9.17, 15) is 0 Å². The lowest BCUT2D eigenvalue weighted by Gasteiger charge is -2.39. The number of anilines is 1. The van der Waals surface area contributed by atoms with E-state index in [2.05, 4.69) is 35.1 Å². The van der Waals surface area contributed by atoms with Gasteiger partial charge < -0.3 is 15.0 Å². The van der Waals surface area contributed by atoms with Gasteiger partial charge in [0, 0.05) is 42.8 Å². The minimum absolute atomic E-state index is 0.293. The van der Waals surface area contributed by atoms with Gasteiger partial charge in [0.1, 0.15) is 0 Å². The van der Waals surface area contributed by atoms with E-state index in [1.165, 1.54) is 11.3 Å². The van der Waals surface area contributed by atoms with Crippen molar-refractivity contribution in [2.24, 2.45) is 0 Å². The number of ether oxygens (including phenoxy) is 1. The molecular weight excluding hydrogens is 214 g/mol. The monoisotopic (exact) mass is 235 g/mol. The van der Waals surface area contributed by atoms with Crippen LogP contribution in [0.1, 0.15) is 19.4 Å². The third-order valence-electron chi connectivity index (χ3n) is 3.16. The lowest BCUT2D eigenvalue weighted by Crippen LogP contribution is -2.47. The molecule has 2 rings (SSSR count). The van der Waals surface area contributed by atoms with Crippen LogP contribution in [0.2, 0.25) is 0 Å². The van der Waals surface area contributed by atoms with Crippen LogP contribution in [0.25, 0.3) is 0 Å². The summed E-state index contributed by atoms with van der Waals surface area (Å²) in [6.07, 6.45) is 4.10. The number of aromatic nitrogens is 1. The fraction of sp³-hybridized carbons (Fsp3) is 0.615. The van der Waals surface area contributed by atoms with Crippen molar-refractivity contribution in [1.29, 1.82) is 0 Å². The van der Waals surface area contributed by atoms with Crippen molar-refractivity contribution >= 4 is 5.69 Å². The molecule has 0 amide bonds. The molecule has 0 aliphatic carbocycles. The number of nitrogens with one attached hydrogen (secondary N) is 1. The van der Waals surface area contributed by atoms with E-state index < -0.39 is 0 Å². The molecule has 1 aliphatic heterocycles. The van der Waals surface area contributed by atoms with Gasteiger partial charge >= 0.3 is 0 Å². The quantitative estimate of drug-likeness (QED) is 0.859. The van der Waals surface area contributed by atoms with E-state index in [1.807, 2.05) is 19.4 Å². The molecule has 1 N–H and O–H groups in total. The van der Waals surface area contributed by atoms with Gasteiger partial charge in [-0.2, -0.15) is 0 Å². The normalized spacial score (nSPS) is 25.0. The number of hydrogen-bond donors (Lipinski definition) is 1. The molecule has 0 aromatic carbocycles. The van der Waals surface area contributed by atoms with E-state index in [1.54, 1.807) is 0 Å². The summed E-state index contributed by atoms with van der Waals surface area (Å²) in [6, 6.07) is 2.52. The number of pyridine rings is 1. The van der Waals surface area contributed by atoms with Crippen molar-refractivity contribution in [3.63, 3.8) is 0 Å². The van der Waals surface area contributed by atoms with Gasteiger partial charge in [0.2, 0.25) is 0 Å². The minimum Gasteiger partial charge on any atom is -0.375 e. The van der Waals surface area contributed by atoms with E-state index in [0.717, 1.165) is 19.7 Å². The molecule has 0 radical (unpaired) electrons. The molecule has 17 heavy (non-hydrogen) atoms. The third kappa shape index (κ3) is 2.76. The topological polar surface area (TPSA) is 37.4 Å². The first kappa shape index (κ1) is 12.3. The second kappa shape index (κ2) is 5.47. The Balaban J connectivity index is 2.25. The summed E-state index contributed by atoms with van der Waals surface area (Å²) in [5.41, 5.74) is 2.52. The van der Waals surface area contributed by atoms with Crippen LogP contribution in [0.3, 0.4) is 0 Å². The van der Waals surface area contributed by atoms with Gasteiger partial charge in [0.05, 0.1) is 12.7 Å². The van der Waals surface area contributed by atoms with Crippen molar-refractivity contribution in [3.8, 4) is 0 Å². The van der Waals surface area contributed by atoms with Gasteiger partial charge in [0.25, 0.3) is 0 Å². The van der Waals surface area contributed by atoms with Crippen molar-refractivity contribution in [3.05, 3.63) is 24.0 Å². The number of morpholine rings is 1. The Kier molecular flexibility index (Phi) is 3.97. The Morgan fingerprint density at radius 1 is 1.53 bits per heavy atom. The largest absolute Gasteiger partial charge is 0.375 e. The summed E-state index contributed by atoms with van der Waals surface area (Å²) >= 11 is 0. The van der Waals surface area contributed by atoms with Crippen molar-refractivity contribution in [2.75, 3.05) is 25.1 Å². The summed E-state index contributed by atoms with van der Waals surface area (Å²) in [7, 11) is 1.96. The average molecular weight is 235 g/mol. The maximum Gasteiger partial charge on any atom is 0.0723 e. The number of hydrogen-bond acceptors (Lipinski definition) is 4. The lowest BCUT2D eigenvalue weighted by atomic mass is 10.1. The maximum absolute atomic E-state index is 5.67. The first-order chi connectivity index (χ1) is 8.22. The molecule has 1 aromatic rings. The molecule has 1 aliphatic rings. The molecule has 94 valence electrons. The fourth-order valence-electron chi connectivity index (χ4n) is 2.27. The Hall–Kier alpha value is -1.13. The Morgan fingerprint density at radius 2 is 2.35 bits per heavy atom. The highest BCUT2D eigenvalue weighted by Gasteiger charge is 2.24. The van der Waals surface area contributed by atoms with Crippen LogP contribution in [0, 0.1) is 0 Å². The Labute approximate surface area is 103 Å². The molecule has 2 atom stereocenters. The highest BCUT2D eigenvalue weighted by Crippen LogP contribution is 2.24. The average Bonchev–Trinajstić information content (AvgIpc) is 2.34. The molecule has 4 heteroatoms. The third-order valence-corrected chi connectivity index (χ3v) is 3.16.